The Hall–Kier alpha value is -3.59. The monoisotopic (exact) mass is 604 g/mol. The molecule has 0 atom stereocenters. The highest BCUT2D eigenvalue weighted by atomic mass is 79.9. The molecule has 0 aliphatic carbocycles. The van der Waals surface area contributed by atoms with E-state index in [0.29, 0.717) is 52.0 Å². The fourth-order valence-corrected chi connectivity index (χ4v) is 5.44. The quantitative estimate of drug-likeness (QED) is 0.257. The Bertz CT molecular complexity index is 1350. The van der Waals surface area contributed by atoms with Gasteiger partial charge < -0.3 is 14.5 Å². The van der Waals surface area contributed by atoms with Crippen LogP contribution >= 0.6 is 31.9 Å². The van der Waals surface area contributed by atoms with E-state index in [1.807, 2.05) is 36.4 Å². The number of para-hydroxylation sites is 1. The molecule has 0 bridgehead atoms. The van der Waals surface area contributed by atoms with E-state index in [-0.39, 0.29) is 18.1 Å². The van der Waals surface area contributed by atoms with Gasteiger partial charge in [-0.25, -0.2) is 0 Å². The normalized spacial score (nSPS) is 13.6. The Morgan fingerprint density at radius 1 is 0.944 bits per heavy atom. The van der Waals surface area contributed by atoms with E-state index >= 15 is 0 Å². The minimum Gasteiger partial charge on any atom is -0.486 e. The lowest BCUT2D eigenvalue weighted by molar-refractivity contribution is -0.126. The van der Waals surface area contributed by atoms with E-state index in [0.717, 1.165) is 11.3 Å². The summed E-state index contributed by atoms with van der Waals surface area (Å²) in [5.41, 5.74) is 3.25. The minimum atomic E-state index is -0.272. The van der Waals surface area contributed by atoms with Gasteiger partial charge in [0, 0.05) is 37.4 Å². The lowest BCUT2D eigenvalue weighted by Gasteiger charge is -2.36. The highest BCUT2D eigenvalue weighted by Crippen LogP contribution is 2.36. The van der Waals surface area contributed by atoms with Crippen LogP contribution in [0.5, 0.6) is 5.75 Å². The third-order valence-corrected chi connectivity index (χ3v) is 7.06. The number of anilines is 1. The molecule has 1 aliphatic rings. The van der Waals surface area contributed by atoms with Crippen molar-refractivity contribution in [3.8, 4) is 17.9 Å². The van der Waals surface area contributed by atoms with Crippen LogP contribution in [-0.2, 0) is 11.4 Å². The summed E-state index contributed by atoms with van der Waals surface area (Å²) in [5, 5.41) is 19.0. The van der Waals surface area contributed by atoms with Crippen LogP contribution in [0, 0.1) is 22.7 Å². The Balaban J connectivity index is 1.45. The van der Waals surface area contributed by atoms with E-state index in [2.05, 4.69) is 61.0 Å². The zero-order valence-corrected chi connectivity index (χ0v) is 22.5. The van der Waals surface area contributed by atoms with Gasteiger partial charge in [0.05, 0.1) is 20.6 Å². The molecule has 0 spiro atoms. The molecule has 0 radical (unpaired) electrons. The summed E-state index contributed by atoms with van der Waals surface area (Å²) in [5.74, 6) is 0.299. The van der Waals surface area contributed by atoms with Crippen LogP contribution < -0.4 is 9.64 Å². The molecular weight excluding hydrogens is 584 g/mol. The lowest BCUT2D eigenvalue weighted by atomic mass is 10.1. The predicted octanol–water partition coefficient (Wildman–Crippen LogP) is 5.92. The Morgan fingerprint density at radius 3 is 2.22 bits per heavy atom. The number of amides is 1. The third kappa shape index (κ3) is 5.96. The van der Waals surface area contributed by atoms with E-state index in [1.54, 1.807) is 29.2 Å². The van der Waals surface area contributed by atoms with E-state index in [9.17, 15) is 15.3 Å². The summed E-state index contributed by atoms with van der Waals surface area (Å²) in [6, 6.07) is 25.2. The Morgan fingerprint density at radius 2 is 1.58 bits per heavy atom. The summed E-state index contributed by atoms with van der Waals surface area (Å²) in [6.07, 6.45) is 1.59. The van der Waals surface area contributed by atoms with Crippen LogP contribution in [0.2, 0.25) is 0 Å². The maximum Gasteiger partial charge on any atom is 0.264 e. The van der Waals surface area contributed by atoms with Gasteiger partial charge in [-0.2, -0.15) is 10.5 Å². The first-order chi connectivity index (χ1) is 17.5. The number of rotatable bonds is 6. The van der Waals surface area contributed by atoms with Crippen molar-refractivity contribution >= 4 is 49.5 Å². The van der Waals surface area contributed by atoms with Gasteiger partial charge in [0.25, 0.3) is 5.91 Å². The number of benzene rings is 3. The van der Waals surface area contributed by atoms with Crippen LogP contribution in [0.25, 0.3) is 6.08 Å². The van der Waals surface area contributed by atoms with Crippen LogP contribution in [0.4, 0.5) is 5.69 Å². The zero-order valence-electron chi connectivity index (χ0n) is 19.3. The molecule has 1 heterocycles. The topological polar surface area (TPSA) is 80.4 Å². The van der Waals surface area contributed by atoms with Crippen molar-refractivity contribution in [2.75, 3.05) is 31.1 Å². The van der Waals surface area contributed by atoms with Crippen LogP contribution in [0.3, 0.4) is 0 Å². The number of hydrogen-bond donors (Lipinski definition) is 0. The summed E-state index contributed by atoms with van der Waals surface area (Å²) < 4.78 is 7.29. The first-order valence-corrected chi connectivity index (χ1v) is 12.9. The number of hydrogen-bond acceptors (Lipinski definition) is 5. The van der Waals surface area contributed by atoms with Crippen LogP contribution in [0.1, 0.15) is 16.7 Å². The first kappa shape index (κ1) is 25.5. The highest BCUT2D eigenvalue weighted by Gasteiger charge is 2.24. The van der Waals surface area contributed by atoms with Gasteiger partial charge in [-0.15, -0.1) is 0 Å². The predicted molar refractivity (Wildman–Crippen MR) is 146 cm³/mol. The molecule has 1 aliphatic heterocycles. The van der Waals surface area contributed by atoms with Gasteiger partial charge in [-0.1, -0.05) is 36.4 Å². The molecule has 4 rings (SSSR count). The van der Waals surface area contributed by atoms with Crippen molar-refractivity contribution in [3.63, 3.8) is 0 Å². The number of carbonyl (C=O) groups excluding carboxylic acids is 1. The first-order valence-electron chi connectivity index (χ1n) is 11.3. The second-order valence-electron chi connectivity index (χ2n) is 8.16. The van der Waals surface area contributed by atoms with Gasteiger partial charge in [0.2, 0.25) is 0 Å². The summed E-state index contributed by atoms with van der Waals surface area (Å²) >= 11 is 7.06. The number of carbonyl (C=O) groups is 1. The molecule has 0 aromatic heterocycles. The molecule has 1 saturated heterocycles. The number of nitriles is 2. The molecule has 3 aromatic rings. The maximum atomic E-state index is 13.1. The van der Waals surface area contributed by atoms with Gasteiger partial charge in [-0.05, 0) is 73.8 Å². The van der Waals surface area contributed by atoms with Gasteiger partial charge >= 0.3 is 0 Å². The van der Waals surface area contributed by atoms with Crippen molar-refractivity contribution in [1.82, 2.24) is 4.90 Å². The van der Waals surface area contributed by atoms with Crippen molar-refractivity contribution in [2.24, 2.45) is 0 Å². The SMILES string of the molecule is N#C/C(=C/c1cc(Br)c(OCc2ccccc2C#N)c(Br)c1)C(=O)N1CCN(c2ccccc2)CC1. The highest BCUT2D eigenvalue weighted by molar-refractivity contribution is 9.11. The maximum absolute atomic E-state index is 13.1. The van der Waals surface area contributed by atoms with Crippen molar-refractivity contribution in [2.45, 2.75) is 6.61 Å². The fraction of sp³-hybridized carbons (Fsp3) is 0.179. The molecule has 8 heteroatoms. The largest absolute Gasteiger partial charge is 0.486 e. The standard InChI is InChI=1S/C28H22Br2N4O2/c29-25-15-20(16-26(30)27(25)36-19-22-7-5-4-6-21(22)17-31)14-23(18-32)28(35)34-12-10-33(11-13-34)24-8-2-1-3-9-24/h1-9,14-16H,10-13,19H2/b23-14-. The number of piperazine rings is 1. The van der Waals surface area contributed by atoms with E-state index < -0.39 is 0 Å². The molecule has 1 amide bonds. The molecular formula is C28H22Br2N4O2. The third-order valence-electron chi connectivity index (χ3n) is 5.88. The smallest absolute Gasteiger partial charge is 0.264 e. The van der Waals surface area contributed by atoms with Gasteiger partial charge in [0.15, 0.2) is 0 Å². The summed E-state index contributed by atoms with van der Waals surface area (Å²) in [6.45, 7) is 2.76. The Labute approximate surface area is 227 Å². The Kier molecular flexibility index (Phi) is 8.43. The second kappa shape index (κ2) is 11.9. The molecule has 36 heavy (non-hydrogen) atoms. The average molecular weight is 606 g/mol. The minimum absolute atomic E-state index is 0.0820. The number of halogens is 2. The second-order valence-corrected chi connectivity index (χ2v) is 9.86. The van der Waals surface area contributed by atoms with Crippen LogP contribution in [-0.4, -0.2) is 37.0 Å². The molecule has 0 unspecified atom stereocenters. The summed E-state index contributed by atoms with van der Waals surface area (Å²) in [4.78, 5) is 17.0. The lowest BCUT2D eigenvalue weighted by Crippen LogP contribution is -2.49. The van der Waals surface area contributed by atoms with Crippen LogP contribution in [0.15, 0.2) is 81.2 Å². The van der Waals surface area contributed by atoms with Crippen molar-refractivity contribution < 1.29 is 9.53 Å². The summed E-state index contributed by atoms with van der Waals surface area (Å²) in [7, 11) is 0. The molecule has 1 fully saturated rings. The number of nitrogens with zero attached hydrogens (tertiary/aromatic N) is 4. The van der Waals surface area contributed by atoms with Gasteiger partial charge in [0.1, 0.15) is 24.0 Å². The van der Waals surface area contributed by atoms with Crippen molar-refractivity contribution in [1.29, 1.82) is 10.5 Å². The number of ether oxygens (including phenoxy) is 1. The molecule has 3 aromatic carbocycles. The average Bonchev–Trinajstić information content (AvgIpc) is 2.91. The van der Waals surface area contributed by atoms with E-state index in [1.165, 1.54) is 0 Å². The van der Waals surface area contributed by atoms with Gasteiger partial charge in [-0.3, -0.25) is 4.79 Å². The van der Waals surface area contributed by atoms with Crippen molar-refractivity contribution in [3.05, 3.63) is 97.9 Å². The molecule has 180 valence electrons. The fourth-order valence-electron chi connectivity index (χ4n) is 3.99. The molecule has 6 nitrogen and oxygen atoms in total. The van der Waals surface area contributed by atoms with E-state index in [4.69, 9.17) is 4.74 Å². The zero-order chi connectivity index (χ0) is 25.5. The molecule has 0 saturated carbocycles. The molecule has 0 N–H and O–H groups in total.